The van der Waals surface area contributed by atoms with Crippen LogP contribution in [0.25, 0.3) is 0 Å². The van der Waals surface area contributed by atoms with Crippen LogP contribution in [0.4, 0.5) is 0 Å². The van der Waals surface area contributed by atoms with Gasteiger partial charge in [0.1, 0.15) is 11.9 Å². The molecule has 6 heteroatoms. The predicted octanol–water partition coefficient (Wildman–Crippen LogP) is 3.91. The van der Waals surface area contributed by atoms with Gasteiger partial charge in [0, 0.05) is 16.7 Å². The molecule has 0 radical (unpaired) electrons. The van der Waals surface area contributed by atoms with Gasteiger partial charge in [-0.05, 0) is 55.0 Å². The molecule has 2 atom stereocenters. The lowest BCUT2D eigenvalue weighted by Crippen LogP contribution is -2.50. The summed E-state index contributed by atoms with van der Waals surface area (Å²) in [6.07, 6.45) is 2.48. The van der Waals surface area contributed by atoms with Crippen molar-refractivity contribution >= 4 is 23.9 Å². The molecular weight excluding hydrogens is 409 g/mol. The van der Waals surface area contributed by atoms with E-state index in [1.165, 1.54) is 6.08 Å². The van der Waals surface area contributed by atoms with Gasteiger partial charge in [0.2, 0.25) is 7.29 Å². The van der Waals surface area contributed by atoms with Crippen molar-refractivity contribution in [3.8, 4) is 5.75 Å². The Morgan fingerprint density at radius 1 is 0.903 bits per heavy atom. The summed E-state index contributed by atoms with van der Waals surface area (Å²) in [7, 11) is -1.70. The summed E-state index contributed by atoms with van der Waals surface area (Å²) < 4.78 is 25.5. The Bertz CT molecular complexity index is 1090. The van der Waals surface area contributed by atoms with E-state index in [2.05, 4.69) is 5.09 Å². The molecule has 5 nitrogen and oxygen atoms in total. The minimum atomic E-state index is -3.31. The molecule has 0 bridgehead atoms. The Morgan fingerprint density at radius 2 is 1.45 bits per heavy atom. The van der Waals surface area contributed by atoms with E-state index in [1.807, 2.05) is 91.9 Å². The number of benzene rings is 3. The Kier molecular flexibility index (Phi) is 5.81. The van der Waals surface area contributed by atoms with Crippen molar-refractivity contribution in [1.82, 2.24) is 5.09 Å². The summed E-state index contributed by atoms with van der Waals surface area (Å²) in [6, 6.07) is 26.1. The van der Waals surface area contributed by atoms with Crippen LogP contribution in [-0.4, -0.2) is 19.2 Å². The second-order valence-corrected chi connectivity index (χ2v) is 10.0. The number of rotatable bonds is 7. The lowest BCUT2D eigenvalue weighted by Gasteiger charge is -2.39. The van der Waals surface area contributed by atoms with Crippen LogP contribution in [0.15, 0.2) is 97.1 Å². The SMILES string of the molecule is COc1ccc([C@@](C)(NP(=O)(c2ccccc2)c2ccccc2)C2C=CC(=O)O2)cc1. The molecule has 1 unspecified atom stereocenters. The molecule has 158 valence electrons. The van der Waals surface area contributed by atoms with Gasteiger partial charge in [0.05, 0.1) is 12.6 Å². The van der Waals surface area contributed by atoms with Crippen LogP contribution in [-0.2, 0) is 19.6 Å². The van der Waals surface area contributed by atoms with E-state index in [1.54, 1.807) is 13.2 Å². The van der Waals surface area contributed by atoms with Gasteiger partial charge in [0.15, 0.2) is 0 Å². The largest absolute Gasteiger partial charge is 0.497 e. The van der Waals surface area contributed by atoms with Gasteiger partial charge in [-0.15, -0.1) is 0 Å². The van der Waals surface area contributed by atoms with Crippen LogP contribution in [0.2, 0.25) is 0 Å². The maximum atomic E-state index is 14.7. The summed E-state index contributed by atoms with van der Waals surface area (Å²) in [5.41, 5.74) is -0.138. The third-order valence-corrected chi connectivity index (χ3v) is 8.37. The number of carbonyl (C=O) groups is 1. The second-order valence-electron chi connectivity index (χ2n) is 7.54. The van der Waals surface area contributed by atoms with E-state index in [4.69, 9.17) is 9.47 Å². The van der Waals surface area contributed by atoms with Crippen molar-refractivity contribution in [3.05, 3.63) is 103 Å². The van der Waals surface area contributed by atoms with Crippen molar-refractivity contribution in [2.24, 2.45) is 0 Å². The van der Waals surface area contributed by atoms with Gasteiger partial charge in [-0.25, -0.2) is 9.88 Å². The number of carbonyl (C=O) groups excluding carboxylic acids is 1. The van der Waals surface area contributed by atoms with E-state index in [0.29, 0.717) is 16.4 Å². The molecule has 1 N–H and O–H groups in total. The molecule has 0 spiro atoms. The highest BCUT2D eigenvalue weighted by atomic mass is 31.2. The van der Waals surface area contributed by atoms with Crippen LogP contribution >= 0.6 is 7.29 Å². The highest BCUT2D eigenvalue weighted by molar-refractivity contribution is 7.77. The Balaban J connectivity index is 1.86. The zero-order valence-corrected chi connectivity index (χ0v) is 18.3. The van der Waals surface area contributed by atoms with E-state index in [0.717, 1.165) is 5.56 Å². The van der Waals surface area contributed by atoms with Gasteiger partial charge in [0.25, 0.3) is 0 Å². The normalized spacial score (nSPS) is 17.7. The van der Waals surface area contributed by atoms with E-state index >= 15 is 0 Å². The first kappa shape index (κ1) is 21.1. The number of nitrogens with one attached hydrogen (secondary N) is 1. The number of methoxy groups -OCH3 is 1. The predicted molar refractivity (Wildman–Crippen MR) is 122 cm³/mol. The monoisotopic (exact) mass is 433 g/mol. The number of hydrogen-bond donors (Lipinski definition) is 1. The first-order valence-electron chi connectivity index (χ1n) is 10.00. The third-order valence-electron chi connectivity index (χ3n) is 5.54. The van der Waals surface area contributed by atoms with E-state index in [9.17, 15) is 9.36 Å². The minimum absolute atomic E-state index is 0.416. The number of hydrogen-bond acceptors (Lipinski definition) is 4. The number of esters is 1. The van der Waals surface area contributed by atoms with Crippen LogP contribution in [0.3, 0.4) is 0 Å². The lowest BCUT2D eigenvalue weighted by molar-refractivity contribution is -0.141. The van der Waals surface area contributed by atoms with Crippen molar-refractivity contribution in [2.75, 3.05) is 7.11 Å². The first-order chi connectivity index (χ1) is 15.0. The fourth-order valence-corrected chi connectivity index (χ4v) is 6.44. The molecule has 1 heterocycles. The zero-order chi connectivity index (χ0) is 21.9. The van der Waals surface area contributed by atoms with Crippen LogP contribution < -0.4 is 20.4 Å². The highest BCUT2D eigenvalue weighted by Gasteiger charge is 2.45. The molecule has 1 aliphatic heterocycles. The van der Waals surface area contributed by atoms with Gasteiger partial charge in [-0.1, -0.05) is 48.5 Å². The maximum Gasteiger partial charge on any atom is 0.331 e. The summed E-state index contributed by atoms with van der Waals surface area (Å²) in [5.74, 6) is 0.292. The van der Waals surface area contributed by atoms with Crippen molar-refractivity contribution in [1.29, 1.82) is 0 Å². The van der Waals surface area contributed by atoms with Gasteiger partial charge in [-0.3, -0.25) is 4.57 Å². The second kappa shape index (κ2) is 8.54. The molecule has 4 rings (SSSR count). The molecule has 31 heavy (non-hydrogen) atoms. The maximum absolute atomic E-state index is 14.7. The molecule has 3 aromatic rings. The average molecular weight is 433 g/mol. The van der Waals surface area contributed by atoms with Crippen LogP contribution in [0.5, 0.6) is 5.75 Å². The Hall–Kier alpha value is -3.14. The van der Waals surface area contributed by atoms with E-state index in [-0.39, 0.29) is 0 Å². The summed E-state index contributed by atoms with van der Waals surface area (Å²) in [6.45, 7) is 1.90. The summed E-state index contributed by atoms with van der Waals surface area (Å²) in [4.78, 5) is 11.9. The topological polar surface area (TPSA) is 64.6 Å². The fraction of sp³-hybridized carbons (Fsp3) is 0.160. The van der Waals surface area contributed by atoms with Gasteiger partial charge < -0.3 is 9.47 Å². The van der Waals surface area contributed by atoms with Gasteiger partial charge >= 0.3 is 5.97 Å². The molecular formula is C25H24NO4P. The quantitative estimate of drug-likeness (QED) is 0.452. The van der Waals surface area contributed by atoms with Crippen LogP contribution in [0.1, 0.15) is 12.5 Å². The fourth-order valence-electron chi connectivity index (χ4n) is 3.79. The lowest BCUT2D eigenvalue weighted by atomic mass is 9.87. The first-order valence-corrected chi connectivity index (χ1v) is 11.7. The van der Waals surface area contributed by atoms with Crippen molar-refractivity contribution < 1.29 is 18.8 Å². The summed E-state index contributed by atoms with van der Waals surface area (Å²) >= 11 is 0. The van der Waals surface area contributed by atoms with Gasteiger partial charge in [-0.2, -0.15) is 0 Å². The molecule has 3 aromatic carbocycles. The standard InChI is InChI=1S/C25H24NO4P/c1-25(23-17-18-24(27)30-23,19-13-15-20(29-2)16-14-19)26-31(28,21-9-5-3-6-10-21)22-11-7-4-8-12-22/h3-18,23H,1-2H3,(H,26,28)/t23?,25-/m1/s1. The zero-order valence-electron chi connectivity index (χ0n) is 17.4. The highest BCUT2D eigenvalue weighted by Crippen LogP contribution is 2.46. The molecule has 0 fully saturated rings. The molecule has 0 amide bonds. The van der Waals surface area contributed by atoms with E-state index < -0.39 is 24.9 Å². The molecule has 0 aliphatic carbocycles. The third kappa shape index (κ3) is 4.07. The molecule has 0 saturated carbocycles. The Labute approximate surface area is 182 Å². The van der Waals surface area contributed by atoms with Crippen molar-refractivity contribution in [2.45, 2.75) is 18.6 Å². The number of cyclic esters (lactones) is 1. The van der Waals surface area contributed by atoms with Crippen molar-refractivity contribution in [3.63, 3.8) is 0 Å². The number of ether oxygens (including phenoxy) is 2. The molecule has 1 aliphatic rings. The van der Waals surface area contributed by atoms with Crippen LogP contribution in [0, 0.1) is 0 Å². The minimum Gasteiger partial charge on any atom is -0.497 e. The Morgan fingerprint density at radius 3 is 1.90 bits per heavy atom. The molecule has 0 saturated heterocycles. The molecule has 0 aromatic heterocycles. The summed E-state index contributed by atoms with van der Waals surface area (Å²) in [5, 5.41) is 4.79. The average Bonchev–Trinajstić information content (AvgIpc) is 3.27. The smallest absolute Gasteiger partial charge is 0.331 e.